The van der Waals surface area contributed by atoms with Crippen molar-refractivity contribution in [1.29, 1.82) is 0 Å². The lowest BCUT2D eigenvalue weighted by Crippen LogP contribution is -2.48. The lowest BCUT2D eigenvalue weighted by Gasteiger charge is -2.43. The average molecular weight is 238 g/mol. The number of carbonyl (C=O) groups excluding carboxylic acids is 1. The van der Waals surface area contributed by atoms with Crippen LogP contribution in [0.4, 0.5) is 0 Å². The molecule has 0 N–H and O–H groups in total. The molecule has 0 radical (unpaired) electrons. The fourth-order valence-electron chi connectivity index (χ4n) is 1.50. The number of ether oxygens (including phenoxy) is 2. The summed E-state index contributed by atoms with van der Waals surface area (Å²) >= 11 is 0. The van der Waals surface area contributed by atoms with Gasteiger partial charge in [-0.05, 0) is 12.8 Å². The van der Waals surface area contributed by atoms with E-state index in [1.165, 1.54) is 6.08 Å². The number of rotatable bonds is 4. The second-order valence-corrected chi connectivity index (χ2v) is 5.51. The van der Waals surface area contributed by atoms with Gasteiger partial charge in [-0.2, -0.15) is 0 Å². The lowest BCUT2D eigenvalue weighted by atomic mass is 9.86. The van der Waals surface area contributed by atoms with E-state index in [0.29, 0.717) is 5.76 Å². The molecule has 96 valence electrons. The molecule has 1 heterocycles. The van der Waals surface area contributed by atoms with E-state index in [-0.39, 0.29) is 11.4 Å². The molecule has 0 saturated carbocycles. The van der Waals surface area contributed by atoms with Crippen molar-refractivity contribution < 1.29 is 14.3 Å². The van der Waals surface area contributed by atoms with Gasteiger partial charge >= 0.3 is 5.97 Å². The van der Waals surface area contributed by atoms with Crippen molar-refractivity contribution in [2.24, 2.45) is 5.41 Å². The third kappa shape index (κ3) is 3.35. The summed E-state index contributed by atoms with van der Waals surface area (Å²) in [7, 11) is 0. The van der Waals surface area contributed by atoms with Gasteiger partial charge in [0.2, 0.25) is 0 Å². The highest BCUT2D eigenvalue weighted by Crippen LogP contribution is 2.39. The van der Waals surface area contributed by atoms with Gasteiger partial charge in [0.15, 0.2) is 0 Å². The van der Waals surface area contributed by atoms with Gasteiger partial charge in [0, 0.05) is 18.8 Å². The van der Waals surface area contributed by atoms with Crippen LogP contribution in [-0.4, -0.2) is 11.8 Å². The summed E-state index contributed by atoms with van der Waals surface area (Å²) in [4.78, 5) is 11.6. The molecule has 0 fully saturated rings. The van der Waals surface area contributed by atoms with Crippen molar-refractivity contribution in [2.75, 3.05) is 0 Å². The summed E-state index contributed by atoms with van der Waals surface area (Å²) in [6, 6.07) is 0. The summed E-state index contributed by atoms with van der Waals surface area (Å²) in [5.74, 6) is -0.495. The highest BCUT2D eigenvalue weighted by atomic mass is 16.7. The van der Waals surface area contributed by atoms with Gasteiger partial charge in [0.25, 0.3) is 5.79 Å². The van der Waals surface area contributed by atoms with Gasteiger partial charge in [-0.3, -0.25) is 0 Å². The maximum atomic E-state index is 11.6. The van der Waals surface area contributed by atoms with Crippen LogP contribution in [0.1, 0.15) is 47.0 Å². The first-order chi connectivity index (χ1) is 7.78. The number of carbonyl (C=O) groups is 1. The first kappa shape index (κ1) is 13.8. The third-order valence-corrected chi connectivity index (χ3v) is 3.09. The number of esters is 1. The van der Waals surface area contributed by atoms with Crippen molar-refractivity contribution in [3.63, 3.8) is 0 Å². The Balaban J connectivity index is 2.75. The zero-order valence-corrected chi connectivity index (χ0v) is 11.2. The molecule has 1 rings (SSSR count). The van der Waals surface area contributed by atoms with E-state index < -0.39 is 5.79 Å². The van der Waals surface area contributed by atoms with Crippen LogP contribution in [-0.2, 0) is 14.3 Å². The Hall–Kier alpha value is -1.25. The fraction of sp³-hybridized carbons (Fsp3) is 0.643. The van der Waals surface area contributed by atoms with Crippen LogP contribution in [0, 0.1) is 5.41 Å². The maximum absolute atomic E-state index is 11.6. The minimum absolute atomic E-state index is 0.263. The Bertz CT molecular complexity index is 336. The van der Waals surface area contributed by atoms with Crippen molar-refractivity contribution in [3.8, 4) is 0 Å². The summed E-state index contributed by atoms with van der Waals surface area (Å²) in [5, 5.41) is 0. The van der Waals surface area contributed by atoms with Gasteiger partial charge in [0.1, 0.15) is 5.76 Å². The molecule has 17 heavy (non-hydrogen) atoms. The standard InChI is InChI=1S/C14H22O3/c1-6-7-8-9-11-10-12(15)17-14(5,16-11)13(2,3)4/h6,10H,1,7-9H2,2-5H3. The molecule has 1 aliphatic rings. The smallest absolute Gasteiger partial charge is 0.337 e. The zero-order valence-electron chi connectivity index (χ0n) is 11.2. The van der Waals surface area contributed by atoms with Crippen LogP contribution in [0.5, 0.6) is 0 Å². The Morgan fingerprint density at radius 2 is 2.06 bits per heavy atom. The van der Waals surface area contributed by atoms with Crippen molar-refractivity contribution in [1.82, 2.24) is 0 Å². The Morgan fingerprint density at radius 1 is 1.41 bits per heavy atom. The van der Waals surface area contributed by atoms with E-state index in [2.05, 4.69) is 6.58 Å². The molecule has 0 bridgehead atoms. The first-order valence-corrected chi connectivity index (χ1v) is 6.02. The van der Waals surface area contributed by atoms with Crippen molar-refractivity contribution in [3.05, 3.63) is 24.5 Å². The Morgan fingerprint density at radius 3 is 2.59 bits per heavy atom. The molecule has 1 aliphatic heterocycles. The average Bonchev–Trinajstić information content (AvgIpc) is 2.15. The lowest BCUT2D eigenvalue weighted by molar-refractivity contribution is -0.254. The Labute approximate surface area is 103 Å². The van der Waals surface area contributed by atoms with Crippen LogP contribution in [0.2, 0.25) is 0 Å². The van der Waals surface area contributed by atoms with Crippen molar-refractivity contribution in [2.45, 2.75) is 52.7 Å². The van der Waals surface area contributed by atoms with Gasteiger partial charge in [-0.1, -0.05) is 26.8 Å². The predicted molar refractivity (Wildman–Crippen MR) is 67.2 cm³/mol. The van der Waals surface area contributed by atoms with Crippen molar-refractivity contribution >= 4 is 5.97 Å². The van der Waals surface area contributed by atoms with Gasteiger partial charge < -0.3 is 9.47 Å². The summed E-state index contributed by atoms with van der Waals surface area (Å²) in [5.41, 5.74) is -0.263. The predicted octanol–water partition coefficient (Wildman–Crippen LogP) is 3.56. The molecule has 0 aliphatic carbocycles. The van der Waals surface area contributed by atoms with E-state index in [9.17, 15) is 4.79 Å². The molecule has 0 aromatic rings. The second-order valence-electron chi connectivity index (χ2n) is 5.51. The molecular formula is C14H22O3. The highest BCUT2D eigenvalue weighted by Gasteiger charge is 2.46. The number of hydrogen-bond donors (Lipinski definition) is 0. The summed E-state index contributed by atoms with van der Waals surface area (Å²) in [6.45, 7) is 11.5. The molecule has 1 unspecified atom stereocenters. The van der Waals surface area contributed by atoms with Gasteiger partial charge in [-0.25, -0.2) is 4.79 Å². The first-order valence-electron chi connectivity index (χ1n) is 6.02. The van der Waals surface area contributed by atoms with E-state index >= 15 is 0 Å². The van der Waals surface area contributed by atoms with Gasteiger partial charge in [-0.15, -0.1) is 6.58 Å². The molecule has 3 nitrogen and oxygen atoms in total. The Kier molecular flexibility index (Phi) is 4.02. The quantitative estimate of drug-likeness (QED) is 0.427. The highest BCUT2D eigenvalue weighted by molar-refractivity contribution is 5.83. The van der Waals surface area contributed by atoms with Crippen LogP contribution in [0.3, 0.4) is 0 Å². The minimum Gasteiger partial charge on any atom is -0.456 e. The molecule has 0 spiro atoms. The van der Waals surface area contributed by atoms with E-state index in [1.54, 1.807) is 0 Å². The number of allylic oxidation sites excluding steroid dienone is 2. The SMILES string of the molecule is C=CCCCC1=CC(=O)OC(C)(C(C)(C)C)O1. The third-order valence-electron chi connectivity index (χ3n) is 3.09. The summed E-state index contributed by atoms with van der Waals surface area (Å²) < 4.78 is 11.2. The van der Waals surface area contributed by atoms with Crippen LogP contribution in [0.25, 0.3) is 0 Å². The number of cyclic esters (lactones) is 1. The number of unbranched alkanes of at least 4 members (excludes halogenated alkanes) is 1. The van der Waals surface area contributed by atoms with Crippen LogP contribution < -0.4 is 0 Å². The molecule has 0 aromatic heterocycles. The number of hydrogen-bond acceptors (Lipinski definition) is 3. The topological polar surface area (TPSA) is 35.5 Å². The fourth-order valence-corrected chi connectivity index (χ4v) is 1.50. The van der Waals surface area contributed by atoms with Crippen LogP contribution >= 0.6 is 0 Å². The molecule has 0 amide bonds. The molecule has 0 saturated heterocycles. The minimum atomic E-state index is -0.887. The maximum Gasteiger partial charge on any atom is 0.337 e. The van der Waals surface area contributed by atoms with Crippen LogP contribution in [0.15, 0.2) is 24.5 Å². The summed E-state index contributed by atoms with van der Waals surface area (Å²) in [6.07, 6.45) is 5.90. The molecular weight excluding hydrogens is 216 g/mol. The molecule has 0 aromatic carbocycles. The normalized spacial score (nSPS) is 24.7. The van der Waals surface area contributed by atoms with E-state index in [4.69, 9.17) is 9.47 Å². The van der Waals surface area contributed by atoms with E-state index in [1.807, 2.05) is 33.8 Å². The monoisotopic (exact) mass is 238 g/mol. The van der Waals surface area contributed by atoms with Gasteiger partial charge in [0.05, 0.1) is 6.08 Å². The zero-order chi connectivity index (χ0) is 13.1. The second kappa shape index (κ2) is 4.94. The molecule has 3 heteroatoms. The molecule has 1 atom stereocenters. The van der Waals surface area contributed by atoms with E-state index in [0.717, 1.165) is 19.3 Å². The largest absolute Gasteiger partial charge is 0.456 e.